The van der Waals surface area contributed by atoms with E-state index in [-0.39, 0.29) is 16.9 Å². The Morgan fingerprint density at radius 2 is 1.59 bits per heavy atom. The average Bonchev–Trinajstić information content (AvgIpc) is 2.83. The number of carbonyl (C=O) groups excluding carboxylic acids is 1. The van der Waals surface area contributed by atoms with Gasteiger partial charge in [0.25, 0.3) is 11.5 Å². The average molecular weight is 428 g/mol. The van der Waals surface area contributed by atoms with E-state index in [4.69, 9.17) is 0 Å². The monoisotopic (exact) mass is 428 g/mol. The molecule has 7 heteroatoms. The van der Waals surface area contributed by atoms with Crippen molar-refractivity contribution in [1.82, 2.24) is 14.1 Å². The third-order valence-electron chi connectivity index (χ3n) is 5.56. The lowest BCUT2D eigenvalue weighted by molar-refractivity contribution is 0.102. The van der Waals surface area contributed by atoms with Gasteiger partial charge in [0.15, 0.2) is 5.65 Å². The Balaban J connectivity index is 1.78. The van der Waals surface area contributed by atoms with Gasteiger partial charge in [-0.1, -0.05) is 55.8 Å². The van der Waals surface area contributed by atoms with Gasteiger partial charge in [0.1, 0.15) is 5.39 Å². The van der Waals surface area contributed by atoms with E-state index in [0.29, 0.717) is 17.7 Å². The summed E-state index contributed by atoms with van der Waals surface area (Å²) in [6, 6.07) is 17.2. The summed E-state index contributed by atoms with van der Waals surface area (Å²) in [5.41, 5.74) is 3.00. The number of benzene rings is 2. The second kappa shape index (κ2) is 8.63. The summed E-state index contributed by atoms with van der Waals surface area (Å²) >= 11 is 0. The van der Waals surface area contributed by atoms with Crippen molar-refractivity contribution < 1.29 is 4.79 Å². The molecule has 0 aliphatic rings. The summed E-state index contributed by atoms with van der Waals surface area (Å²) < 4.78 is 2.35. The Hall–Kier alpha value is -4.00. The van der Waals surface area contributed by atoms with Crippen molar-refractivity contribution in [2.24, 2.45) is 14.1 Å². The van der Waals surface area contributed by atoms with Gasteiger partial charge in [0.05, 0.1) is 5.69 Å². The lowest BCUT2D eigenvalue weighted by Gasteiger charge is -2.15. The number of fused-ring (bicyclic) bond motifs is 1. The minimum atomic E-state index is -0.483. The fraction of sp³-hybridized carbons (Fsp3) is 0.200. The normalized spacial score (nSPS) is 11.0. The van der Waals surface area contributed by atoms with E-state index >= 15 is 0 Å². The number of aryl methyl sites for hydroxylation is 2. The third-order valence-corrected chi connectivity index (χ3v) is 5.56. The smallest absolute Gasteiger partial charge is 0.321 e. The van der Waals surface area contributed by atoms with Gasteiger partial charge in [-0.2, -0.15) is 0 Å². The molecule has 7 nitrogen and oxygen atoms in total. The summed E-state index contributed by atoms with van der Waals surface area (Å²) in [7, 11) is 2.98. The third kappa shape index (κ3) is 3.73. The first-order valence-electron chi connectivity index (χ1n) is 10.5. The molecular weight excluding hydrogens is 404 g/mol. The summed E-state index contributed by atoms with van der Waals surface area (Å²) in [4.78, 5) is 42.7. The van der Waals surface area contributed by atoms with Crippen LogP contribution < -0.4 is 16.6 Å². The van der Waals surface area contributed by atoms with Gasteiger partial charge in [0.2, 0.25) is 0 Å². The van der Waals surface area contributed by atoms with Crippen molar-refractivity contribution in [1.29, 1.82) is 0 Å². The second-order valence-corrected chi connectivity index (χ2v) is 7.71. The van der Waals surface area contributed by atoms with Crippen LogP contribution in [0.3, 0.4) is 0 Å². The van der Waals surface area contributed by atoms with E-state index in [9.17, 15) is 14.4 Å². The van der Waals surface area contributed by atoms with Gasteiger partial charge in [-0.05, 0) is 35.2 Å². The van der Waals surface area contributed by atoms with Gasteiger partial charge in [-0.15, -0.1) is 0 Å². The van der Waals surface area contributed by atoms with Crippen LogP contribution in [0.4, 0.5) is 5.69 Å². The predicted octanol–water partition coefficient (Wildman–Crippen LogP) is 3.50. The van der Waals surface area contributed by atoms with Crippen molar-refractivity contribution >= 4 is 22.6 Å². The number of anilines is 1. The molecule has 0 saturated heterocycles. The highest BCUT2D eigenvalue weighted by molar-refractivity contribution is 6.09. The van der Waals surface area contributed by atoms with Crippen molar-refractivity contribution in [3.8, 4) is 11.1 Å². The number of carbonyl (C=O) groups is 1. The van der Waals surface area contributed by atoms with Crippen LogP contribution in [0.15, 0.2) is 70.4 Å². The second-order valence-electron chi connectivity index (χ2n) is 7.71. The molecule has 0 bridgehead atoms. The molecule has 2 aromatic carbocycles. The van der Waals surface area contributed by atoms with Crippen LogP contribution >= 0.6 is 0 Å². The molecule has 0 aliphatic carbocycles. The van der Waals surface area contributed by atoms with Crippen LogP contribution in [0.2, 0.25) is 0 Å². The Kier molecular flexibility index (Phi) is 5.73. The van der Waals surface area contributed by atoms with E-state index in [2.05, 4.69) is 10.3 Å². The molecule has 2 aromatic heterocycles. The molecule has 0 aliphatic heterocycles. The topological polar surface area (TPSA) is 86.0 Å². The van der Waals surface area contributed by atoms with Gasteiger partial charge in [0, 0.05) is 25.9 Å². The van der Waals surface area contributed by atoms with Crippen molar-refractivity contribution in [3.63, 3.8) is 0 Å². The molecule has 2 heterocycles. The Bertz CT molecular complexity index is 1420. The zero-order valence-corrected chi connectivity index (χ0v) is 18.3. The van der Waals surface area contributed by atoms with E-state index in [1.165, 1.54) is 11.6 Å². The molecule has 0 unspecified atom stereocenters. The molecule has 1 amide bonds. The number of hydrogen-bond acceptors (Lipinski definition) is 4. The van der Waals surface area contributed by atoms with Crippen molar-refractivity contribution in [2.75, 3.05) is 5.32 Å². The van der Waals surface area contributed by atoms with Crippen LogP contribution in [0.5, 0.6) is 0 Å². The van der Waals surface area contributed by atoms with Crippen LogP contribution in [-0.2, 0) is 20.5 Å². The quantitative estimate of drug-likeness (QED) is 0.527. The summed E-state index contributed by atoms with van der Waals surface area (Å²) in [5.74, 6) is -0.328. The SMILES string of the molecule is CCCc1cnc2c(c1NC(=O)c1ccc(-c3ccccc3)cc1)c(=O)n(C)c(=O)n2C. The standard InChI is InChI=1S/C25H24N4O3/c1-4-8-19-15-26-22-20(24(31)29(3)25(32)28(22)2)21(19)27-23(30)18-13-11-17(12-14-18)16-9-6-5-7-10-16/h5-7,9-15H,4,8H2,1-3H3,(H,26,27,30). The Morgan fingerprint density at radius 3 is 2.25 bits per heavy atom. The zero-order chi connectivity index (χ0) is 22.8. The van der Waals surface area contributed by atoms with Crippen LogP contribution in [0.1, 0.15) is 29.3 Å². The van der Waals surface area contributed by atoms with Crippen LogP contribution in [0.25, 0.3) is 22.2 Å². The number of amides is 1. The molecule has 0 saturated carbocycles. The molecule has 4 rings (SSSR count). The fourth-order valence-corrected chi connectivity index (χ4v) is 3.80. The molecule has 0 radical (unpaired) electrons. The highest BCUT2D eigenvalue weighted by atomic mass is 16.2. The van der Waals surface area contributed by atoms with Gasteiger partial charge in [-0.3, -0.25) is 18.7 Å². The number of rotatable bonds is 5. The van der Waals surface area contributed by atoms with Crippen molar-refractivity contribution in [3.05, 3.63) is 92.8 Å². The summed E-state index contributed by atoms with van der Waals surface area (Å²) in [6.07, 6.45) is 3.07. The maximum Gasteiger partial charge on any atom is 0.332 e. The molecule has 0 atom stereocenters. The molecule has 0 spiro atoms. The zero-order valence-electron chi connectivity index (χ0n) is 18.3. The molecule has 4 aromatic rings. The van der Waals surface area contributed by atoms with E-state index < -0.39 is 11.2 Å². The molecular formula is C25H24N4O3. The molecule has 32 heavy (non-hydrogen) atoms. The van der Waals surface area contributed by atoms with Gasteiger partial charge in [-0.25, -0.2) is 9.78 Å². The summed E-state index contributed by atoms with van der Waals surface area (Å²) in [6.45, 7) is 2.01. The maximum absolute atomic E-state index is 13.1. The largest absolute Gasteiger partial charge is 0.332 e. The summed E-state index contributed by atoms with van der Waals surface area (Å²) in [5, 5.41) is 3.15. The fourth-order valence-electron chi connectivity index (χ4n) is 3.80. The first kappa shape index (κ1) is 21.2. The first-order chi connectivity index (χ1) is 15.4. The van der Waals surface area contributed by atoms with Gasteiger partial charge < -0.3 is 5.32 Å². The Morgan fingerprint density at radius 1 is 0.938 bits per heavy atom. The van der Waals surface area contributed by atoms with Gasteiger partial charge >= 0.3 is 5.69 Å². The lowest BCUT2D eigenvalue weighted by Crippen LogP contribution is -2.38. The highest BCUT2D eigenvalue weighted by Gasteiger charge is 2.19. The van der Waals surface area contributed by atoms with Crippen LogP contribution in [-0.4, -0.2) is 20.0 Å². The lowest BCUT2D eigenvalue weighted by atomic mass is 10.0. The van der Waals surface area contributed by atoms with E-state index in [1.54, 1.807) is 25.4 Å². The predicted molar refractivity (Wildman–Crippen MR) is 126 cm³/mol. The molecule has 0 fully saturated rings. The number of pyridine rings is 1. The number of hydrogen-bond donors (Lipinski definition) is 1. The molecule has 1 N–H and O–H groups in total. The minimum absolute atomic E-state index is 0.231. The number of nitrogens with zero attached hydrogens (tertiary/aromatic N) is 3. The molecule has 162 valence electrons. The number of aromatic nitrogens is 3. The minimum Gasteiger partial charge on any atom is -0.321 e. The first-order valence-corrected chi connectivity index (χ1v) is 10.5. The Labute approximate surface area is 185 Å². The highest BCUT2D eigenvalue weighted by Crippen LogP contribution is 2.25. The maximum atomic E-state index is 13.1. The van der Waals surface area contributed by atoms with E-state index in [0.717, 1.165) is 27.7 Å². The van der Waals surface area contributed by atoms with Crippen LogP contribution in [0, 0.1) is 0 Å². The van der Waals surface area contributed by atoms with Crippen molar-refractivity contribution in [2.45, 2.75) is 19.8 Å². The number of nitrogens with one attached hydrogen (secondary N) is 1. The van der Waals surface area contributed by atoms with E-state index in [1.807, 2.05) is 49.4 Å².